The quantitative estimate of drug-likeness (QED) is 0.662. The Morgan fingerprint density at radius 1 is 0.889 bits per heavy atom. The summed E-state index contributed by atoms with van der Waals surface area (Å²) in [6.45, 7) is 6.04. The van der Waals surface area contributed by atoms with Gasteiger partial charge >= 0.3 is 0 Å². The topological polar surface area (TPSA) is 0 Å². The minimum atomic E-state index is -0.304. The number of hydrogen-bond acceptors (Lipinski definition) is 0. The third-order valence-electron chi connectivity index (χ3n) is 3.21. The zero-order valence-corrected chi connectivity index (χ0v) is 11.6. The van der Waals surface area contributed by atoms with Gasteiger partial charge in [0.2, 0.25) is 0 Å². The van der Waals surface area contributed by atoms with Crippen molar-refractivity contribution in [2.24, 2.45) is 0 Å². The molecule has 0 aliphatic carbocycles. The van der Waals surface area contributed by atoms with Gasteiger partial charge < -0.3 is 0 Å². The van der Waals surface area contributed by atoms with Crippen molar-refractivity contribution in [3.63, 3.8) is 0 Å². The van der Waals surface area contributed by atoms with E-state index in [4.69, 9.17) is 11.6 Å². The van der Waals surface area contributed by atoms with Gasteiger partial charge in [0.15, 0.2) is 0 Å². The van der Waals surface area contributed by atoms with Gasteiger partial charge in [-0.1, -0.05) is 29.8 Å². The third-order valence-corrected chi connectivity index (χ3v) is 3.68. The fourth-order valence-corrected chi connectivity index (χ4v) is 2.64. The van der Waals surface area contributed by atoms with Crippen LogP contribution in [0.4, 0.5) is 4.39 Å². The van der Waals surface area contributed by atoms with Gasteiger partial charge in [0.05, 0.1) is 5.38 Å². The molecule has 2 rings (SSSR count). The fraction of sp³-hybridized carbons (Fsp3) is 0.250. The van der Waals surface area contributed by atoms with E-state index in [1.54, 1.807) is 6.07 Å². The minimum absolute atomic E-state index is 0.244. The Morgan fingerprint density at radius 3 is 2.28 bits per heavy atom. The lowest BCUT2D eigenvalue weighted by Crippen LogP contribution is -2.00. The Morgan fingerprint density at radius 2 is 1.61 bits per heavy atom. The highest BCUT2D eigenvalue weighted by molar-refractivity contribution is 6.22. The number of benzene rings is 2. The van der Waals surface area contributed by atoms with Crippen LogP contribution >= 0.6 is 11.6 Å². The van der Waals surface area contributed by atoms with Crippen LogP contribution in [0.2, 0.25) is 0 Å². The highest BCUT2D eigenvalue weighted by Crippen LogP contribution is 2.33. The predicted octanol–water partition coefficient (Wildman–Crippen LogP) is 5.08. The van der Waals surface area contributed by atoms with Gasteiger partial charge in [-0.15, -0.1) is 11.6 Å². The van der Waals surface area contributed by atoms with Crippen molar-refractivity contribution in [3.8, 4) is 0 Å². The van der Waals surface area contributed by atoms with E-state index in [0.29, 0.717) is 0 Å². The van der Waals surface area contributed by atoms with Crippen LogP contribution < -0.4 is 0 Å². The monoisotopic (exact) mass is 262 g/mol. The molecule has 0 saturated heterocycles. The number of alkyl halides is 1. The van der Waals surface area contributed by atoms with Crippen LogP contribution in [0.5, 0.6) is 0 Å². The summed E-state index contributed by atoms with van der Waals surface area (Å²) in [5, 5.41) is -0.304. The Bertz CT molecular complexity index is 575. The predicted molar refractivity (Wildman–Crippen MR) is 74.7 cm³/mol. The molecule has 1 atom stereocenters. The lowest BCUT2D eigenvalue weighted by atomic mass is 9.96. The second-order valence-corrected chi connectivity index (χ2v) is 5.16. The molecule has 0 fully saturated rings. The Labute approximate surface area is 112 Å². The molecule has 2 heteroatoms. The molecule has 0 nitrogen and oxygen atoms in total. The van der Waals surface area contributed by atoms with Crippen molar-refractivity contribution in [2.45, 2.75) is 26.1 Å². The molecule has 0 aliphatic rings. The maximum Gasteiger partial charge on any atom is 0.123 e. The van der Waals surface area contributed by atoms with Crippen LogP contribution in [0.3, 0.4) is 0 Å². The first-order valence-electron chi connectivity index (χ1n) is 5.96. The third kappa shape index (κ3) is 2.56. The number of hydrogen-bond donors (Lipinski definition) is 0. The van der Waals surface area contributed by atoms with E-state index in [2.05, 4.69) is 6.07 Å². The van der Waals surface area contributed by atoms with Gasteiger partial charge in [-0.05, 0) is 55.2 Å². The maximum atomic E-state index is 13.3. The van der Waals surface area contributed by atoms with Gasteiger partial charge in [-0.2, -0.15) is 0 Å². The lowest BCUT2D eigenvalue weighted by Gasteiger charge is -2.16. The van der Waals surface area contributed by atoms with Gasteiger partial charge in [0.25, 0.3) is 0 Å². The van der Waals surface area contributed by atoms with Crippen LogP contribution in [-0.4, -0.2) is 0 Å². The zero-order valence-electron chi connectivity index (χ0n) is 10.8. The average Bonchev–Trinajstić information content (AvgIpc) is 2.31. The molecule has 0 amide bonds. The van der Waals surface area contributed by atoms with E-state index in [1.807, 2.05) is 32.9 Å². The highest BCUT2D eigenvalue weighted by Gasteiger charge is 2.16. The van der Waals surface area contributed by atoms with Gasteiger partial charge in [0.1, 0.15) is 5.82 Å². The van der Waals surface area contributed by atoms with Gasteiger partial charge in [0, 0.05) is 0 Å². The van der Waals surface area contributed by atoms with E-state index in [9.17, 15) is 4.39 Å². The largest absolute Gasteiger partial charge is 0.207 e. The van der Waals surface area contributed by atoms with Crippen LogP contribution in [0.15, 0.2) is 36.4 Å². The molecule has 0 N–H and O–H groups in total. The second kappa shape index (κ2) is 5.11. The Balaban J connectivity index is 2.47. The molecule has 0 radical (unpaired) electrons. The summed E-state index contributed by atoms with van der Waals surface area (Å²) in [4.78, 5) is 0. The first-order chi connectivity index (χ1) is 8.49. The van der Waals surface area contributed by atoms with Crippen molar-refractivity contribution in [1.82, 2.24) is 0 Å². The molecule has 0 spiro atoms. The van der Waals surface area contributed by atoms with E-state index >= 15 is 0 Å². The first kappa shape index (κ1) is 13.1. The van der Waals surface area contributed by atoms with Gasteiger partial charge in [-0.25, -0.2) is 4.39 Å². The summed E-state index contributed by atoms with van der Waals surface area (Å²) in [5.74, 6) is -0.244. The van der Waals surface area contributed by atoms with Crippen molar-refractivity contribution in [2.75, 3.05) is 0 Å². The van der Waals surface area contributed by atoms with Crippen molar-refractivity contribution in [1.29, 1.82) is 0 Å². The smallest absolute Gasteiger partial charge is 0.123 e. The molecular formula is C16H16ClF. The highest BCUT2D eigenvalue weighted by atomic mass is 35.5. The van der Waals surface area contributed by atoms with E-state index in [-0.39, 0.29) is 11.2 Å². The number of rotatable bonds is 2. The summed E-state index contributed by atoms with van der Waals surface area (Å²) >= 11 is 6.50. The second-order valence-electron chi connectivity index (χ2n) is 4.72. The summed E-state index contributed by atoms with van der Waals surface area (Å²) in [6.07, 6.45) is 0. The van der Waals surface area contributed by atoms with Crippen LogP contribution in [0.25, 0.3) is 0 Å². The average molecular weight is 263 g/mol. The zero-order chi connectivity index (χ0) is 13.3. The molecule has 0 saturated carbocycles. The fourth-order valence-electron chi connectivity index (χ4n) is 2.16. The van der Waals surface area contributed by atoms with Crippen molar-refractivity contribution < 1.29 is 4.39 Å². The standard InChI is InChI=1S/C16H16ClF/c1-10-4-7-14(12(3)8-10)16(17)15-9-13(18)6-5-11(15)2/h4-9,16H,1-3H3. The number of halogens is 2. The maximum absolute atomic E-state index is 13.3. The van der Waals surface area contributed by atoms with Gasteiger partial charge in [-0.3, -0.25) is 0 Å². The summed E-state index contributed by atoms with van der Waals surface area (Å²) < 4.78 is 13.3. The minimum Gasteiger partial charge on any atom is -0.207 e. The van der Waals surface area contributed by atoms with E-state index < -0.39 is 0 Å². The lowest BCUT2D eigenvalue weighted by molar-refractivity contribution is 0.625. The van der Waals surface area contributed by atoms with Crippen LogP contribution in [0.1, 0.15) is 33.2 Å². The summed E-state index contributed by atoms with van der Waals surface area (Å²) in [7, 11) is 0. The summed E-state index contributed by atoms with van der Waals surface area (Å²) in [6, 6.07) is 10.9. The van der Waals surface area contributed by atoms with Crippen LogP contribution in [-0.2, 0) is 0 Å². The molecule has 94 valence electrons. The molecule has 1 unspecified atom stereocenters. The Hall–Kier alpha value is -1.34. The van der Waals surface area contributed by atoms with E-state index in [1.165, 1.54) is 17.7 Å². The van der Waals surface area contributed by atoms with Crippen molar-refractivity contribution in [3.05, 3.63) is 70.0 Å². The molecule has 2 aromatic rings. The molecule has 0 aliphatic heterocycles. The molecule has 18 heavy (non-hydrogen) atoms. The molecule has 0 heterocycles. The molecule has 2 aromatic carbocycles. The van der Waals surface area contributed by atoms with Crippen molar-refractivity contribution >= 4 is 11.6 Å². The summed E-state index contributed by atoms with van der Waals surface area (Å²) in [5.41, 5.74) is 5.23. The van der Waals surface area contributed by atoms with Crippen LogP contribution in [0, 0.1) is 26.6 Å². The Kier molecular flexibility index (Phi) is 3.72. The molecule has 0 bridgehead atoms. The molecular weight excluding hydrogens is 247 g/mol. The SMILES string of the molecule is Cc1ccc(C(Cl)c2cc(F)ccc2C)c(C)c1. The number of aryl methyl sites for hydroxylation is 3. The first-order valence-corrected chi connectivity index (χ1v) is 6.40. The normalized spacial score (nSPS) is 12.5. The van der Waals surface area contributed by atoms with E-state index in [0.717, 1.165) is 22.3 Å². The molecule has 0 aromatic heterocycles.